The van der Waals surface area contributed by atoms with Crippen molar-refractivity contribution in [3.8, 4) is 0 Å². The first-order valence-electron chi connectivity index (χ1n) is 17.0. The van der Waals surface area contributed by atoms with Crippen molar-refractivity contribution in [2.45, 2.75) is 70.6 Å². The minimum Gasteiger partial charge on any atom is -0.436 e. The predicted octanol–water partition coefficient (Wildman–Crippen LogP) is 3.54. The smallest absolute Gasteiger partial charge is 0.410 e. The number of piperazine rings is 1. The molecule has 1 aromatic heterocycles. The molecule has 46 heavy (non-hydrogen) atoms. The van der Waals surface area contributed by atoms with Gasteiger partial charge < -0.3 is 29.7 Å². The molecule has 0 aliphatic carbocycles. The quantitative estimate of drug-likeness (QED) is 0.521. The molecular weight excluding hydrogens is 582 g/mol. The summed E-state index contributed by atoms with van der Waals surface area (Å²) in [6.45, 7) is 11.3. The number of amides is 4. The maximum Gasteiger partial charge on any atom is 0.410 e. The van der Waals surface area contributed by atoms with E-state index in [1.165, 1.54) is 0 Å². The molecular formula is C35H49N7O4. The molecule has 3 fully saturated rings. The molecule has 0 spiro atoms. The molecule has 6 rings (SSSR count). The van der Waals surface area contributed by atoms with Gasteiger partial charge in [0.25, 0.3) is 5.91 Å². The number of likely N-dealkylation sites (N-methyl/N-ethyl adjacent to an activating group) is 1. The Morgan fingerprint density at radius 3 is 2.28 bits per heavy atom. The molecule has 2 aromatic rings. The zero-order valence-corrected chi connectivity index (χ0v) is 27.6. The molecule has 5 heterocycles. The second-order valence-corrected chi connectivity index (χ2v) is 13.5. The Balaban J connectivity index is 1.07. The van der Waals surface area contributed by atoms with E-state index in [4.69, 9.17) is 4.74 Å². The lowest BCUT2D eigenvalue weighted by Crippen LogP contribution is -2.54. The van der Waals surface area contributed by atoms with Crippen LogP contribution >= 0.6 is 0 Å². The van der Waals surface area contributed by atoms with Gasteiger partial charge in [0.05, 0.1) is 0 Å². The number of nitrogens with zero attached hydrogens (tertiary/aromatic N) is 6. The van der Waals surface area contributed by atoms with Crippen LogP contribution in [0.4, 0.5) is 15.3 Å². The molecule has 248 valence electrons. The summed E-state index contributed by atoms with van der Waals surface area (Å²) in [5, 5.41) is 3.06. The van der Waals surface area contributed by atoms with Gasteiger partial charge >= 0.3 is 12.1 Å². The number of aromatic nitrogens is 1. The highest BCUT2D eigenvalue weighted by atomic mass is 16.6. The number of benzene rings is 1. The van der Waals surface area contributed by atoms with E-state index < -0.39 is 12.2 Å². The van der Waals surface area contributed by atoms with Crippen molar-refractivity contribution in [1.29, 1.82) is 0 Å². The van der Waals surface area contributed by atoms with Crippen LogP contribution in [-0.4, -0.2) is 132 Å². The van der Waals surface area contributed by atoms with E-state index in [0.29, 0.717) is 51.6 Å². The monoisotopic (exact) mass is 631 g/mol. The number of aryl methyl sites for hydroxylation is 2. The number of piperidine rings is 2. The molecule has 11 nitrogen and oxygen atoms in total. The van der Waals surface area contributed by atoms with Crippen molar-refractivity contribution >= 4 is 23.7 Å². The number of hydrogen-bond acceptors (Lipinski definition) is 7. The van der Waals surface area contributed by atoms with Crippen LogP contribution in [0.3, 0.4) is 0 Å². The van der Waals surface area contributed by atoms with Gasteiger partial charge in [-0.05, 0) is 81.8 Å². The number of pyridine rings is 1. The van der Waals surface area contributed by atoms with Crippen LogP contribution in [0, 0.1) is 13.8 Å². The molecule has 0 radical (unpaired) electrons. The molecule has 1 aromatic carbocycles. The standard InChI is InChI=1S/C35H49N7O4/c1-25-22-28(36-24-26(25)2)23-32(33(43)40-13-9-29(10-14-40)39-20-18-38(3)19-21-39)46-35(45)41-15-11-30(12-16-41)42-17-8-27-6-4-5-7-31(27)37-34(42)44/h4-7,22,24,29-30,32H,8-21,23H2,1-3H3,(H,37,44)/t32-/m1/s1. The van der Waals surface area contributed by atoms with Gasteiger partial charge in [-0.1, -0.05) is 18.2 Å². The zero-order chi connectivity index (χ0) is 32.2. The summed E-state index contributed by atoms with van der Waals surface area (Å²) in [5.74, 6) is -0.138. The fourth-order valence-corrected chi connectivity index (χ4v) is 7.30. The number of nitrogens with one attached hydrogen (secondary N) is 1. The van der Waals surface area contributed by atoms with Crippen LogP contribution in [0.25, 0.3) is 0 Å². The van der Waals surface area contributed by atoms with Crippen LogP contribution < -0.4 is 5.32 Å². The number of fused-ring (bicyclic) bond motifs is 1. The summed E-state index contributed by atoms with van der Waals surface area (Å²) < 4.78 is 6.05. The Morgan fingerprint density at radius 1 is 0.891 bits per heavy atom. The molecule has 11 heteroatoms. The number of anilines is 1. The van der Waals surface area contributed by atoms with Gasteiger partial charge in [-0.25, -0.2) is 9.59 Å². The number of urea groups is 1. The van der Waals surface area contributed by atoms with Crippen molar-refractivity contribution in [3.63, 3.8) is 0 Å². The normalized spacial score (nSPS) is 21.4. The highest BCUT2D eigenvalue weighted by molar-refractivity contribution is 5.91. The summed E-state index contributed by atoms with van der Waals surface area (Å²) in [5.41, 5.74) is 4.93. The van der Waals surface area contributed by atoms with Gasteiger partial charge in [0, 0.05) is 95.0 Å². The largest absolute Gasteiger partial charge is 0.436 e. The lowest BCUT2D eigenvalue weighted by atomic mass is 10.0. The van der Waals surface area contributed by atoms with Gasteiger partial charge in [0.15, 0.2) is 6.10 Å². The second-order valence-electron chi connectivity index (χ2n) is 13.5. The molecule has 0 saturated carbocycles. The van der Waals surface area contributed by atoms with Crippen LogP contribution in [0.2, 0.25) is 0 Å². The number of carbonyl (C=O) groups excluding carboxylic acids is 3. The summed E-state index contributed by atoms with van der Waals surface area (Å²) in [6.07, 6.45) is 4.64. The fourth-order valence-electron chi connectivity index (χ4n) is 7.30. The summed E-state index contributed by atoms with van der Waals surface area (Å²) >= 11 is 0. The van der Waals surface area contributed by atoms with Crippen molar-refractivity contribution in [2.24, 2.45) is 0 Å². The number of para-hydroxylation sites is 1. The number of ether oxygens (including phenoxy) is 1. The molecule has 1 atom stereocenters. The Labute approximate surface area is 272 Å². The molecule has 4 aliphatic rings. The first kappa shape index (κ1) is 32.2. The van der Waals surface area contributed by atoms with E-state index in [-0.39, 0.29) is 24.4 Å². The minimum atomic E-state index is -0.935. The van der Waals surface area contributed by atoms with Gasteiger partial charge in [0.1, 0.15) is 0 Å². The van der Waals surface area contributed by atoms with Gasteiger partial charge in [-0.2, -0.15) is 0 Å². The number of rotatable bonds is 6. The Kier molecular flexibility index (Phi) is 10.1. The number of likely N-dealkylation sites (tertiary alicyclic amines) is 2. The lowest BCUT2D eigenvalue weighted by Gasteiger charge is -2.42. The molecule has 1 N–H and O–H groups in total. The summed E-state index contributed by atoms with van der Waals surface area (Å²) in [4.78, 5) is 55.5. The first-order valence-corrected chi connectivity index (χ1v) is 17.0. The third-order valence-electron chi connectivity index (χ3n) is 10.5. The topological polar surface area (TPSA) is 102 Å². The molecule has 3 saturated heterocycles. The zero-order valence-electron chi connectivity index (χ0n) is 27.6. The van der Waals surface area contributed by atoms with Gasteiger partial charge in [0.2, 0.25) is 0 Å². The first-order chi connectivity index (χ1) is 22.2. The van der Waals surface area contributed by atoms with Gasteiger partial charge in [-0.15, -0.1) is 0 Å². The van der Waals surface area contributed by atoms with E-state index in [9.17, 15) is 14.4 Å². The van der Waals surface area contributed by atoms with E-state index in [1.807, 2.05) is 54.1 Å². The molecule has 4 amide bonds. The molecule has 0 bridgehead atoms. The summed E-state index contributed by atoms with van der Waals surface area (Å²) in [7, 11) is 2.17. The maximum absolute atomic E-state index is 14.0. The average molecular weight is 632 g/mol. The van der Waals surface area contributed by atoms with Crippen LogP contribution in [0.5, 0.6) is 0 Å². The number of carbonyl (C=O) groups is 3. The van der Waals surface area contributed by atoms with Crippen molar-refractivity contribution < 1.29 is 19.1 Å². The van der Waals surface area contributed by atoms with Crippen LogP contribution in [0.15, 0.2) is 36.5 Å². The van der Waals surface area contributed by atoms with E-state index >= 15 is 0 Å². The maximum atomic E-state index is 14.0. The van der Waals surface area contributed by atoms with Crippen molar-refractivity contribution in [3.05, 3.63) is 58.9 Å². The lowest BCUT2D eigenvalue weighted by molar-refractivity contribution is -0.142. The SMILES string of the molecule is Cc1cnc(C[C@@H](OC(=O)N2CCC(N3CCc4ccccc4NC3=O)CC2)C(=O)N2CCC(N3CCN(C)CC3)CC2)cc1C. The minimum absolute atomic E-state index is 0.0390. The second kappa shape index (κ2) is 14.4. The van der Waals surface area contributed by atoms with Crippen molar-refractivity contribution in [2.75, 3.05) is 71.3 Å². The van der Waals surface area contributed by atoms with Crippen LogP contribution in [0.1, 0.15) is 48.1 Å². The van der Waals surface area contributed by atoms with Crippen LogP contribution in [-0.2, 0) is 22.4 Å². The summed E-state index contributed by atoms with van der Waals surface area (Å²) in [6, 6.07) is 10.3. The Hall–Kier alpha value is -3.70. The number of hydrogen-bond donors (Lipinski definition) is 1. The highest BCUT2D eigenvalue weighted by Gasteiger charge is 2.36. The Bertz CT molecular complexity index is 1400. The fraction of sp³-hybridized carbons (Fsp3) is 0.600. The predicted molar refractivity (Wildman–Crippen MR) is 177 cm³/mol. The Morgan fingerprint density at radius 2 is 1.57 bits per heavy atom. The third-order valence-corrected chi connectivity index (χ3v) is 10.5. The average Bonchev–Trinajstić information content (AvgIpc) is 3.24. The van der Waals surface area contributed by atoms with E-state index in [0.717, 1.165) is 73.5 Å². The highest BCUT2D eigenvalue weighted by Crippen LogP contribution is 2.26. The molecule has 0 unspecified atom stereocenters. The van der Waals surface area contributed by atoms with E-state index in [1.54, 1.807) is 4.90 Å². The van der Waals surface area contributed by atoms with E-state index in [2.05, 4.69) is 33.2 Å². The van der Waals surface area contributed by atoms with Crippen molar-refractivity contribution in [1.82, 2.24) is 29.5 Å². The third kappa shape index (κ3) is 7.47. The van der Waals surface area contributed by atoms with Gasteiger partial charge in [-0.3, -0.25) is 14.7 Å². The molecule has 4 aliphatic heterocycles.